The summed E-state index contributed by atoms with van der Waals surface area (Å²) in [5.41, 5.74) is 2.33. The molecule has 0 N–H and O–H groups in total. The first kappa shape index (κ1) is 30.7. The zero-order chi connectivity index (χ0) is 28.5. The molecule has 6 aromatic rings. The van der Waals surface area contributed by atoms with Gasteiger partial charge in [0.25, 0.3) is 0 Å². The van der Waals surface area contributed by atoms with Gasteiger partial charge in [0.05, 0.1) is 0 Å². The second-order valence-corrected chi connectivity index (χ2v) is 19.2. The van der Waals surface area contributed by atoms with Crippen LogP contribution in [0.15, 0.2) is 133 Å². The first-order valence-corrected chi connectivity index (χ1v) is 20.9. The van der Waals surface area contributed by atoms with Crippen LogP contribution in [-0.4, -0.2) is 4.26 Å². The summed E-state index contributed by atoms with van der Waals surface area (Å²) in [6, 6.07) is 49.5. The SMILES string of the molecule is Cl.Cl.[CH2]=[Hf]([C]1=c2ccccc2=CC1(C)c1cccc2ccccc12)[C]1=c2ccccc2=CC1(C)c1cccc2ccccc12. The summed E-state index contributed by atoms with van der Waals surface area (Å²) in [4.78, 5) is 0. The van der Waals surface area contributed by atoms with E-state index in [0.29, 0.717) is 0 Å². The van der Waals surface area contributed by atoms with Gasteiger partial charge >= 0.3 is 256 Å². The Hall–Kier alpha value is -3.36. The third-order valence-corrected chi connectivity index (χ3v) is 19.7. The number of fused-ring (bicyclic) bond motifs is 4. The Morgan fingerprint density at radius 2 is 0.818 bits per heavy atom. The number of hydrogen-bond donors (Lipinski definition) is 0. The van der Waals surface area contributed by atoms with Crippen LogP contribution in [0.25, 0.3) is 40.4 Å². The fraction of sp³-hybridized carbons (Fsp3) is 0.0976. The third kappa shape index (κ3) is 4.47. The Labute approximate surface area is 278 Å². The Balaban J connectivity index is 0.00000171. The van der Waals surface area contributed by atoms with Crippen LogP contribution in [0.3, 0.4) is 0 Å². The minimum atomic E-state index is -3.05. The molecule has 8 rings (SSSR count). The molecule has 6 aromatic carbocycles. The van der Waals surface area contributed by atoms with Crippen LogP contribution in [0.5, 0.6) is 0 Å². The molecule has 0 spiro atoms. The second-order valence-electron chi connectivity index (χ2n) is 12.1. The van der Waals surface area contributed by atoms with Crippen molar-refractivity contribution in [1.82, 2.24) is 0 Å². The molecule has 0 amide bonds. The van der Waals surface area contributed by atoms with Crippen molar-refractivity contribution in [1.29, 1.82) is 0 Å². The van der Waals surface area contributed by atoms with E-state index in [9.17, 15) is 0 Å². The quantitative estimate of drug-likeness (QED) is 0.165. The molecule has 0 heterocycles. The van der Waals surface area contributed by atoms with Crippen LogP contribution in [-0.2, 0) is 31.8 Å². The van der Waals surface area contributed by atoms with Crippen LogP contribution in [0.2, 0.25) is 0 Å². The van der Waals surface area contributed by atoms with Gasteiger partial charge in [0.1, 0.15) is 0 Å². The van der Waals surface area contributed by atoms with E-state index in [0.717, 1.165) is 0 Å². The van der Waals surface area contributed by atoms with Gasteiger partial charge in [0.15, 0.2) is 0 Å². The van der Waals surface area contributed by atoms with Gasteiger partial charge in [-0.05, 0) is 0 Å². The van der Waals surface area contributed by atoms with E-state index in [1.54, 1.807) is 6.66 Å². The number of halogens is 2. The fourth-order valence-electron chi connectivity index (χ4n) is 7.89. The zero-order valence-electron chi connectivity index (χ0n) is 24.9. The zero-order valence-corrected chi connectivity index (χ0v) is 30.1. The summed E-state index contributed by atoms with van der Waals surface area (Å²) in [6.07, 6.45) is 5.07. The van der Waals surface area contributed by atoms with E-state index in [1.807, 2.05) is 0 Å². The minimum absolute atomic E-state index is 0. The summed E-state index contributed by atoms with van der Waals surface area (Å²) in [7, 11) is 0. The molecule has 0 aliphatic heterocycles. The van der Waals surface area contributed by atoms with Crippen LogP contribution < -0.4 is 20.9 Å². The predicted octanol–water partition coefficient (Wildman–Crippen LogP) is 7.31. The molecule has 0 bridgehead atoms. The van der Waals surface area contributed by atoms with Crippen molar-refractivity contribution in [2.75, 3.05) is 0 Å². The van der Waals surface area contributed by atoms with Gasteiger partial charge in [-0.15, -0.1) is 24.8 Å². The van der Waals surface area contributed by atoms with Gasteiger partial charge < -0.3 is 0 Å². The van der Waals surface area contributed by atoms with Crippen molar-refractivity contribution >= 4 is 69.4 Å². The molecule has 0 saturated heterocycles. The number of rotatable bonds is 4. The number of benzene rings is 6. The molecule has 0 aromatic heterocycles. The third-order valence-electron chi connectivity index (χ3n) is 9.69. The standard InChI is InChI=1S/2C20H15.CH2.2ClH.Hf/c2*1-20(13-16-8-2-3-9-17(16)14-20)19-12-6-10-15-7-4-5-11-18(15)19;;;;/h2*2-13H,1H3;1H2;2*1H;. The summed E-state index contributed by atoms with van der Waals surface area (Å²) >= 11 is -3.05. The van der Waals surface area contributed by atoms with Crippen LogP contribution in [0.4, 0.5) is 0 Å². The topological polar surface area (TPSA) is 0 Å². The van der Waals surface area contributed by atoms with E-state index in [4.69, 9.17) is 4.26 Å². The molecule has 2 aliphatic carbocycles. The van der Waals surface area contributed by atoms with Gasteiger partial charge in [-0.25, -0.2) is 0 Å². The van der Waals surface area contributed by atoms with E-state index in [2.05, 4.69) is 159 Å². The molecule has 0 fully saturated rings. The van der Waals surface area contributed by atoms with Gasteiger partial charge in [-0.2, -0.15) is 0 Å². The molecular weight excluding hydrogens is 742 g/mol. The average molecular weight is 776 g/mol. The molecule has 0 radical (unpaired) electrons. The van der Waals surface area contributed by atoms with E-state index >= 15 is 0 Å². The summed E-state index contributed by atoms with van der Waals surface area (Å²) < 4.78 is 8.48. The van der Waals surface area contributed by atoms with Gasteiger partial charge in [0, 0.05) is 0 Å². The first-order chi connectivity index (χ1) is 20.5. The fourth-order valence-corrected chi connectivity index (χ4v) is 18.7. The van der Waals surface area contributed by atoms with Crippen molar-refractivity contribution in [2.45, 2.75) is 24.7 Å². The molecule has 2 unspecified atom stereocenters. The molecule has 3 heteroatoms. The van der Waals surface area contributed by atoms with Crippen molar-refractivity contribution in [3.8, 4) is 0 Å². The molecule has 0 nitrogen and oxygen atoms in total. The maximum atomic E-state index is 5.30. The first-order valence-electron chi connectivity index (χ1n) is 14.8. The predicted molar refractivity (Wildman–Crippen MR) is 191 cm³/mol. The van der Waals surface area contributed by atoms with Crippen molar-refractivity contribution in [3.05, 3.63) is 165 Å². The van der Waals surface area contributed by atoms with Crippen LogP contribution >= 0.6 is 24.8 Å². The van der Waals surface area contributed by atoms with Crippen LogP contribution in [0, 0.1) is 0 Å². The summed E-state index contributed by atoms with van der Waals surface area (Å²) in [5, 5.41) is 10.8. The monoisotopic (exact) mass is 776 g/mol. The molecule has 2 aliphatic rings. The van der Waals surface area contributed by atoms with Gasteiger partial charge in [0.2, 0.25) is 0 Å². The molecule has 2 atom stereocenters. The van der Waals surface area contributed by atoms with Crippen molar-refractivity contribution < 1.29 is 21.0 Å². The number of hydrogen-bond acceptors (Lipinski definition) is 0. The molecule has 216 valence electrons. The van der Waals surface area contributed by atoms with E-state index in [1.165, 1.54) is 53.5 Å². The maximum absolute atomic E-state index is 5.30. The van der Waals surface area contributed by atoms with Gasteiger partial charge in [-0.1, -0.05) is 0 Å². The molecule has 44 heavy (non-hydrogen) atoms. The Bertz CT molecular complexity index is 2190. The Morgan fingerprint density at radius 3 is 1.27 bits per heavy atom. The van der Waals surface area contributed by atoms with Gasteiger partial charge in [-0.3, -0.25) is 0 Å². The Kier molecular flexibility index (Phi) is 8.03. The molecular formula is C41H34Cl2Hf. The second kappa shape index (κ2) is 11.5. The average Bonchev–Trinajstić information content (AvgIpc) is 3.51. The summed E-state index contributed by atoms with van der Waals surface area (Å²) in [5.74, 6) is 0. The Morgan fingerprint density at radius 1 is 0.455 bits per heavy atom. The summed E-state index contributed by atoms with van der Waals surface area (Å²) in [6.45, 7) is 4.92. The van der Waals surface area contributed by atoms with Crippen LogP contribution in [0.1, 0.15) is 25.0 Å². The van der Waals surface area contributed by atoms with E-state index < -0.39 is 21.0 Å². The van der Waals surface area contributed by atoms with Crippen molar-refractivity contribution in [3.63, 3.8) is 0 Å². The normalized spacial score (nSPS) is 19.8. The molecule has 0 saturated carbocycles. The van der Waals surface area contributed by atoms with Crippen molar-refractivity contribution in [2.24, 2.45) is 0 Å². The van der Waals surface area contributed by atoms with E-state index in [-0.39, 0.29) is 35.6 Å².